The maximum absolute atomic E-state index is 13.5. The number of nitrogens with one attached hydrogen (secondary N) is 3. The van der Waals surface area contributed by atoms with Gasteiger partial charge in [-0.15, -0.1) is 12.4 Å². The summed E-state index contributed by atoms with van der Waals surface area (Å²) in [6.45, 7) is 11.7. The summed E-state index contributed by atoms with van der Waals surface area (Å²) in [5, 5.41) is 14.1. The Morgan fingerprint density at radius 3 is 2.24 bits per heavy atom. The second kappa shape index (κ2) is 17.1. The molecule has 2 rings (SSSR count). The molecule has 0 unspecified atom stereocenters. The van der Waals surface area contributed by atoms with Crippen LogP contribution in [0, 0.1) is 23.7 Å². The number of benzene rings is 1. The molecule has 1 aliphatic rings. The Balaban J connectivity index is 0.00000684. The minimum absolute atomic E-state index is 0. The quantitative estimate of drug-likeness (QED) is 0.241. The van der Waals surface area contributed by atoms with Gasteiger partial charge in [-0.2, -0.15) is 0 Å². The Morgan fingerprint density at radius 1 is 1.03 bits per heavy atom. The molecule has 1 aliphatic heterocycles. The zero-order valence-electron chi connectivity index (χ0n) is 22.5. The largest absolute Gasteiger partial charge is 0.314 e. The van der Waals surface area contributed by atoms with Crippen molar-refractivity contribution in [3.63, 3.8) is 0 Å². The van der Waals surface area contributed by atoms with Gasteiger partial charge in [0.05, 0.1) is 18.4 Å². The third-order valence-corrected chi connectivity index (χ3v) is 6.16. The summed E-state index contributed by atoms with van der Waals surface area (Å²) < 4.78 is 0. The first-order valence-corrected chi connectivity index (χ1v) is 12.9. The first kappa shape index (κ1) is 32.6. The van der Waals surface area contributed by atoms with E-state index in [0.29, 0.717) is 13.0 Å². The van der Waals surface area contributed by atoms with Crippen LogP contribution in [0.1, 0.15) is 46.1 Å². The molecule has 2 atom stereocenters. The first-order valence-electron chi connectivity index (χ1n) is 12.9. The number of carbonyl (C=O) groups excluding carboxylic acids is 3. The molecule has 208 valence electrons. The highest BCUT2D eigenvalue weighted by Gasteiger charge is 2.35. The van der Waals surface area contributed by atoms with Crippen LogP contribution in [0.5, 0.6) is 0 Å². The fraction of sp³-hybridized carbons (Fsp3) is 0.593. The average Bonchev–Trinajstić information content (AvgIpc) is 2.85. The average molecular weight is 538 g/mol. The van der Waals surface area contributed by atoms with Gasteiger partial charge in [-0.1, -0.05) is 70.2 Å². The summed E-state index contributed by atoms with van der Waals surface area (Å²) in [6.07, 6.45) is 4.44. The number of carbonyl (C=O) groups is 3. The number of hydrogen-bond acceptors (Lipinski definition) is 6. The lowest BCUT2D eigenvalue weighted by atomic mass is 9.82. The number of hydroxylamine groups is 1. The van der Waals surface area contributed by atoms with E-state index in [0.717, 1.165) is 31.7 Å². The molecule has 0 saturated carbocycles. The van der Waals surface area contributed by atoms with Gasteiger partial charge in [0.25, 0.3) is 5.91 Å². The van der Waals surface area contributed by atoms with Gasteiger partial charge in [0, 0.05) is 32.7 Å². The molecule has 0 radical (unpaired) electrons. The van der Waals surface area contributed by atoms with Gasteiger partial charge in [-0.3, -0.25) is 34.9 Å². The monoisotopic (exact) mass is 537 g/mol. The standard InChI is InChI=1S/C27H43N5O4.ClH/c1-20(2)17-24(23(27(35)30-36)12-8-11-22-9-6-5-7-10-22)26(34)29-32(18-21(3)4)25(33)19-31-15-13-28-14-16-31;/h5-11,20-21,23-24,28,36H,12-19H2,1-4H3,(H,29,34)(H,30,35);1H/t23-,24+;/m0./s1. The summed E-state index contributed by atoms with van der Waals surface area (Å²) in [6, 6.07) is 9.67. The van der Waals surface area contributed by atoms with Crippen LogP contribution in [0.2, 0.25) is 0 Å². The molecule has 0 aromatic heterocycles. The van der Waals surface area contributed by atoms with Crippen molar-refractivity contribution >= 4 is 36.2 Å². The van der Waals surface area contributed by atoms with Crippen molar-refractivity contribution in [3.05, 3.63) is 42.0 Å². The molecule has 0 bridgehead atoms. The van der Waals surface area contributed by atoms with Crippen LogP contribution in [-0.2, 0) is 14.4 Å². The van der Waals surface area contributed by atoms with Gasteiger partial charge >= 0.3 is 0 Å². The van der Waals surface area contributed by atoms with Crippen molar-refractivity contribution in [1.82, 2.24) is 26.1 Å². The Hall–Kier alpha value is -2.46. The number of nitrogens with zero attached hydrogens (tertiary/aromatic N) is 2. The van der Waals surface area contributed by atoms with Gasteiger partial charge in [0.1, 0.15) is 0 Å². The van der Waals surface area contributed by atoms with Gasteiger partial charge < -0.3 is 5.32 Å². The van der Waals surface area contributed by atoms with Gasteiger partial charge in [-0.25, -0.2) is 5.48 Å². The molecule has 9 nitrogen and oxygen atoms in total. The van der Waals surface area contributed by atoms with E-state index in [1.807, 2.05) is 70.2 Å². The zero-order valence-corrected chi connectivity index (χ0v) is 23.3. The molecule has 1 fully saturated rings. The van der Waals surface area contributed by atoms with Crippen molar-refractivity contribution in [1.29, 1.82) is 0 Å². The van der Waals surface area contributed by atoms with E-state index < -0.39 is 17.7 Å². The second-order valence-corrected chi connectivity index (χ2v) is 10.3. The Morgan fingerprint density at radius 2 is 1.68 bits per heavy atom. The van der Waals surface area contributed by atoms with Gasteiger partial charge in [0.15, 0.2) is 0 Å². The third-order valence-electron chi connectivity index (χ3n) is 6.16. The molecule has 0 spiro atoms. The molecule has 0 aliphatic carbocycles. The fourth-order valence-corrected chi connectivity index (χ4v) is 4.35. The van der Waals surface area contributed by atoms with E-state index in [2.05, 4.69) is 15.6 Å². The van der Waals surface area contributed by atoms with Crippen molar-refractivity contribution in [2.75, 3.05) is 39.3 Å². The van der Waals surface area contributed by atoms with E-state index >= 15 is 0 Å². The molecule has 3 amide bonds. The van der Waals surface area contributed by atoms with Crippen LogP contribution in [0.15, 0.2) is 36.4 Å². The lowest BCUT2D eigenvalue weighted by molar-refractivity contribution is -0.148. The molecular formula is C27H44ClN5O4. The highest BCUT2D eigenvalue weighted by Crippen LogP contribution is 2.25. The second-order valence-electron chi connectivity index (χ2n) is 10.3. The predicted octanol–water partition coefficient (Wildman–Crippen LogP) is 2.72. The lowest BCUT2D eigenvalue weighted by Crippen LogP contribution is -2.55. The number of amides is 3. The maximum atomic E-state index is 13.5. The summed E-state index contributed by atoms with van der Waals surface area (Å²) >= 11 is 0. The minimum atomic E-state index is -0.790. The van der Waals surface area contributed by atoms with E-state index in [9.17, 15) is 19.6 Å². The smallest absolute Gasteiger partial charge is 0.255 e. The third kappa shape index (κ3) is 11.6. The number of piperazine rings is 1. The highest BCUT2D eigenvalue weighted by atomic mass is 35.5. The Labute approximate surface area is 227 Å². The van der Waals surface area contributed by atoms with E-state index in [4.69, 9.17) is 0 Å². The van der Waals surface area contributed by atoms with Crippen molar-refractivity contribution < 1.29 is 19.6 Å². The van der Waals surface area contributed by atoms with Gasteiger partial charge in [0.2, 0.25) is 11.8 Å². The highest BCUT2D eigenvalue weighted by molar-refractivity contribution is 5.89. The predicted molar refractivity (Wildman–Crippen MR) is 148 cm³/mol. The summed E-state index contributed by atoms with van der Waals surface area (Å²) in [5.74, 6) is -2.42. The zero-order chi connectivity index (χ0) is 26.5. The summed E-state index contributed by atoms with van der Waals surface area (Å²) in [5.41, 5.74) is 5.55. The SMILES string of the molecule is CC(C)C[C@@H](C(=O)NN(CC(C)C)C(=O)CN1CCNCC1)[C@H](CC=Cc1ccccc1)C(=O)NO.Cl. The molecule has 10 heteroatoms. The van der Waals surface area contributed by atoms with Crippen LogP contribution in [0.4, 0.5) is 0 Å². The molecular weight excluding hydrogens is 494 g/mol. The number of hydrogen-bond donors (Lipinski definition) is 4. The maximum Gasteiger partial charge on any atom is 0.255 e. The molecule has 1 saturated heterocycles. The topological polar surface area (TPSA) is 114 Å². The molecule has 37 heavy (non-hydrogen) atoms. The van der Waals surface area contributed by atoms with E-state index in [1.54, 1.807) is 5.48 Å². The van der Waals surface area contributed by atoms with E-state index in [1.165, 1.54) is 5.01 Å². The van der Waals surface area contributed by atoms with Crippen LogP contribution < -0.4 is 16.2 Å². The number of halogens is 1. The normalized spacial score (nSPS) is 15.8. The van der Waals surface area contributed by atoms with Crippen LogP contribution in [0.25, 0.3) is 6.08 Å². The summed E-state index contributed by atoms with van der Waals surface area (Å²) in [4.78, 5) is 41.4. The fourth-order valence-electron chi connectivity index (χ4n) is 4.35. The number of hydrazine groups is 1. The van der Waals surface area contributed by atoms with Gasteiger partial charge in [-0.05, 0) is 30.2 Å². The molecule has 1 aromatic carbocycles. The number of allylic oxidation sites excluding steroid dienone is 1. The molecule has 1 aromatic rings. The lowest BCUT2D eigenvalue weighted by Gasteiger charge is -2.33. The van der Waals surface area contributed by atoms with Crippen molar-refractivity contribution in [3.8, 4) is 0 Å². The summed E-state index contributed by atoms with van der Waals surface area (Å²) in [7, 11) is 0. The first-order chi connectivity index (χ1) is 17.2. The molecule has 1 heterocycles. The van der Waals surface area contributed by atoms with Crippen molar-refractivity contribution in [2.24, 2.45) is 23.7 Å². The van der Waals surface area contributed by atoms with E-state index in [-0.39, 0.29) is 49.0 Å². The Kier molecular flexibility index (Phi) is 15.1. The minimum Gasteiger partial charge on any atom is -0.314 e. The van der Waals surface area contributed by atoms with Crippen LogP contribution in [0.3, 0.4) is 0 Å². The number of rotatable bonds is 12. The molecule has 4 N–H and O–H groups in total. The van der Waals surface area contributed by atoms with Crippen LogP contribution in [-0.4, -0.2) is 72.1 Å². The van der Waals surface area contributed by atoms with Crippen molar-refractivity contribution in [2.45, 2.75) is 40.5 Å². The Bertz CT molecular complexity index is 860. The van der Waals surface area contributed by atoms with Crippen LogP contribution >= 0.6 is 12.4 Å².